The zero-order chi connectivity index (χ0) is 13.4. The van der Waals surface area contributed by atoms with Crippen LogP contribution >= 0.6 is 0 Å². The van der Waals surface area contributed by atoms with Crippen molar-refractivity contribution in [3.05, 3.63) is 47.8 Å². The van der Waals surface area contributed by atoms with Gasteiger partial charge in [0.1, 0.15) is 11.6 Å². The number of carboxylic acid groups (broad SMARTS) is 1. The first-order valence-corrected chi connectivity index (χ1v) is 5.93. The van der Waals surface area contributed by atoms with E-state index in [0.29, 0.717) is 18.8 Å². The summed E-state index contributed by atoms with van der Waals surface area (Å²) < 4.78 is 15.2. The van der Waals surface area contributed by atoms with E-state index < -0.39 is 11.8 Å². The number of carbonyl (C=O) groups is 1. The third-order valence-electron chi connectivity index (χ3n) is 3.27. The second kappa shape index (κ2) is 4.38. The second-order valence-electron chi connectivity index (χ2n) is 4.43. The third-order valence-corrected chi connectivity index (χ3v) is 3.27. The molecule has 0 spiro atoms. The molecule has 1 aliphatic rings. The predicted molar refractivity (Wildman–Crippen MR) is 66.6 cm³/mol. The molecule has 6 heteroatoms. The minimum atomic E-state index is -1.12. The molecule has 1 aliphatic heterocycles. The van der Waals surface area contributed by atoms with Crippen LogP contribution < -0.4 is 4.90 Å². The van der Waals surface area contributed by atoms with Gasteiger partial charge in [0.15, 0.2) is 0 Å². The Labute approximate surface area is 108 Å². The molecule has 0 saturated heterocycles. The van der Waals surface area contributed by atoms with Gasteiger partial charge < -0.3 is 14.6 Å². The van der Waals surface area contributed by atoms with E-state index in [2.05, 4.69) is 4.98 Å². The van der Waals surface area contributed by atoms with Crippen molar-refractivity contribution in [1.29, 1.82) is 0 Å². The fourth-order valence-corrected chi connectivity index (χ4v) is 2.33. The molecule has 19 heavy (non-hydrogen) atoms. The summed E-state index contributed by atoms with van der Waals surface area (Å²) >= 11 is 0. The fourth-order valence-electron chi connectivity index (χ4n) is 2.33. The van der Waals surface area contributed by atoms with E-state index >= 15 is 0 Å². The van der Waals surface area contributed by atoms with Crippen LogP contribution in [0, 0.1) is 5.82 Å². The van der Waals surface area contributed by atoms with Gasteiger partial charge >= 0.3 is 5.97 Å². The van der Waals surface area contributed by atoms with E-state index in [1.807, 2.05) is 15.7 Å². The molecule has 98 valence electrons. The monoisotopic (exact) mass is 261 g/mol. The van der Waals surface area contributed by atoms with Crippen molar-refractivity contribution in [2.45, 2.75) is 13.1 Å². The minimum Gasteiger partial charge on any atom is -0.478 e. The number of hydrogen-bond acceptors (Lipinski definition) is 3. The van der Waals surface area contributed by atoms with Crippen LogP contribution in [0.2, 0.25) is 0 Å². The van der Waals surface area contributed by atoms with Crippen molar-refractivity contribution in [3.8, 4) is 0 Å². The van der Waals surface area contributed by atoms with Gasteiger partial charge in [0, 0.05) is 25.5 Å². The summed E-state index contributed by atoms with van der Waals surface area (Å²) in [7, 11) is 0. The summed E-state index contributed by atoms with van der Waals surface area (Å²) in [6.07, 6.45) is 3.62. The fraction of sp³-hybridized carbons (Fsp3) is 0.231. The van der Waals surface area contributed by atoms with Crippen molar-refractivity contribution >= 4 is 11.7 Å². The lowest BCUT2D eigenvalue weighted by Gasteiger charge is -2.30. The predicted octanol–water partition coefficient (Wildman–Crippen LogP) is 1.74. The van der Waals surface area contributed by atoms with Crippen molar-refractivity contribution in [3.63, 3.8) is 0 Å². The molecule has 3 rings (SSSR count). The number of aromatic nitrogens is 2. The van der Waals surface area contributed by atoms with Crippen LogP contribution in [-0.2, 0) is 13.1 Å². The van der Waals surface area contributed by atoms with E-state index in [1.54, 1.807) is 6.20 Å². The molecular formula is C13H12FN3O2. The van der Waals surface area contributed by atoms with Crippen LogP contribution in [0.3, 0.4) is 0 Å². The molecule has 1 aromatic heterocycles. The smallest absolute Gasteiger partial charge is 0.337 e. The first-order chi connectivity index (χ1) is 9.15. The van der Waals surface area contributed by atoms with Gasteiger partial charge in [-0.2, -0.15) is 0 Å². The molecule has 0 amide bonds. The Bertz CT molecular complexity index is 639. The lowest BCUT2D eigenvalue weighted by atomic mass is 10.1. The quantitative estimate of drug-likeness (QED) is 0.894. The van der Waals surface area contributed by atoms with Gasteiger partial charge in [-0.25, -0.2) is 14.2 Å². The number of fused-ring (bicyclic) bond motifs is 1. The lowest BCUT2D eigenvalue weighted by Crippen LogP contribution is -2.34. The number of nitrogens with zero attached hydrogens (tertiary/aromatic N) is 3. The van der Waals surface area contributed by atoms with Crippen LogP contribution in [0.1, 0.15) is 16.2 Å². The van der Waals surface area contributed by atoms with E-state index in [0.717, 1.165) is 18.4 Å². The number of anilines is 1. The number of benzene rings is 1. The van der Waals surface area contributed by atoms with E-state index in [1.165, 1.54) is 12.1 Å². The second-order valence-corrected chi connectivity index (χ2v) is 4.43. The van der Waals surface area contributed by atoms with Crippen molar-refractivity contribution < 1.29 is 14.3 Å². The molecule has 0 saturated carbocycles. The van der Waals surface area contributed by atoms with Crippen LogP contribution in [0.25, 0.3) is 0 Å². The van der Waals surface area contributed by atoms with Crippen LogP contribution in [0.5, 0.6) is 0 Å². The lowest BCUT2D eigenvalue weighted by molar-refractivity contribution is 0.0697. The van der Waals surface area contributed by atoms with E-state index in [-0.39, 0.29) is 5.56 Å². The van der Waals surface area contributed by atoms with Crippen LogP contribution in [0.15, 0.2) is 30.6 Å². The maximum absolute atomic E-state index is 13.2. The normalized spacial score (nSPS) is 14.3. The van der Waals surface area contributed by atoms with Crippen LogP contribution in [-0.4, -0.2) is 27.2 Å². The Balaban J connectivity index is 1.98. The number of hydrogen-bond donors (Lipinski definition) is 1. The highest BCUT2D eigenvalue weighted by Gasteiger charge is 2.21. The van der Waals surface area contributed by atoms with Gasteiger partial charge in [-0.3, -0.25) is 0 Å². The SMILES string of the molecule is O=C(O)c1cc(F)ccc1N1CCn2ccnc2C1. The van der Waals surface area contributed by atoms with E-state index in [4.69, 9.17) is 5.11 Å². The molecule has 0 radical (unpaired) electrons. The maximum atomic E-state index is 13.2. The number of rotatable bonds is 2. The highest BCUT2D eigenvalue weighted by atomic mass is 19.1. The molecule has 1 aromatic carbocycles. The first-order valence-electron chi connectivity index (χ1n) is 5.93. The minimum absolute atomic E-state index is 0.0139. The van der Waals surface area contributed by atoms with Crippen molar-refractivity contribution in [1.82, 2.24) is 9.55 Å². The van der Waals surface area contributed by atoms with E-state index in [9.17, 15) is 9.18 Å². The molecular weight excluding hydrogens is 249 g/mol. The molecule has 0 bridgehead atoms. The molecule has 0 unspecified atom stereocenters. The number of halogens is 1. The number of aromatic carboxylic acids is 1. The van der Waals surface area contributed by atoms with Crippen LogP contribution in [0.4, 0.5) is 10.1 Å². The summed E-state index contributed by atoms with van der Waals surface area (Å²) in [5.74, 6) is -0.782. The molecule has 5 nitrogen and oxygen atoms in total. The Morgan fingerprint density at radius 3 is 3.00 bits per heavy atom. The Hall–Kier alpha value is -2.37. The maximum Gasteiger partial charge on any atom is 0.337 e. The van der Waals surface area contributed by atoms with Crippen molar-refractivity contribution in [2.75, 3.05) is 11.4 Å². The average Bonchev–Trinajstić information content (AvgIpc) is 2.85. The molecule has 1 N–H and O–H groups in total. The summed E-state index contributed by atoms with van der Waals surface area (Å²) in [5, 5.41) is 9.16. The zero-order valence-corrected chi connectivity index (χ0v) is 10.1. The number of imidazole rings is 1. The summed E-state index contributed by atoms with van der Waals surface area (Å²) in [6.45, 7) is 1.94. The molecule has 0 aliphatic carbocycles. The largest absolute Gasteiger partial charge is 0.478 e. The Morgan fingerprint density at radius 2 is 2.21 bits per heavy atom. The molecule has 0 fully saturated rings. The van der Waals surface area contributed by atoms with Gasteiger partial charge in [-0.15, -0.1) is 0 Å². The van der Waals surface area contributed by atoms with Crippen molar-refractivity contribution in [2.24, 2.45) is 0 Å². The van der Waals surface area contributed by atoms with Gasteiger partial charge in [0.25, 0.3) is 0 Å². The number of carboxylic acids is 1. The topological polar surface area (TPSA) is 58.4 Å². The highest BCUT2D eigenvalue weighted by molar-refractivity contribution is 5.94. The standard InChI is InChI=1S/C13H12FN3O2/c14-9-1-2-11(10(7-9)13(18)19)17-6-5-16-4-3-15-12(16)8-17/h1-4,7H,5-6,8H2,(H,18,19). The third kappa shape index (κ3) is 2.05. The molecule has 2 heterocycles. The summed E-state index contributed by atoms with van der Waals surface area (Å²) in [5.41, 5.74) is 0.517. The summed E-state index contributed by atoms with van der Waals surface area (Å²) in [4.78, 5) is 17.3. The summed E-state index contributed by atoms with van der Waals surface area (Å²) in [6, 6.07) is 3.85. The molecule has 0 atom stereocenters. The Morgan fingerprint density at radius 1 is 1.37 bits per heavy atom. The first kappa shape index (κ1) is 11.7. The zero-order valence-electron chi connectivity index (χ0n) is 10.1. The van der Waals surface area contributed by atoms with Gasteiger partial charge in [0.2, 0.25) is 0 Å². The average molecular weight is 261 g/mol. The Kier molecular flexibility index (Phi) is 2.70. The molecule has 2 aromatic rings. The van der Waals surface area contributed by atoms with Gasteiger partial charge in [-0.1, -0.05) is 0 Å². The van der Waals surface area contributed by atoms with Gasteiger partial charge in [-0.05, 0) is 18.2 Å². The highest BCUT2D eigenvalue weighted by Crippen LogP contribution is 2.25. The van der Waals surface area contributed by atoms with Gasteiger partial charge in [0.05, 0.1) is 17.8 Å².